The molecular formula is C31H39N3O6S. The first-order valence-electron chi connectivity index (χ1n) is 13.7. The molecule has 1 N–H and O–H groups in total. The molecule has 0 spiro atoms. The third-order valence-electron chi connectivity index (χ3n) is 6.69. The van der Waals surface area contributed by atoms with Gasteiger partial charge in [0.25, 0.3) is 10.0 Å². The molecule has 0 fully saturated rings. The van der Waals surface area contributed by atoms with Gasteiger partial charge in [0.2, 0.25) is 11.8 Å². The monoisotopic (exact) mass is 581 g/mol. The van der Waals surface area contributed by atoms with Crippen LogP contribution in [0.15, 0.2) is 83.8 Å². The number of benzene rings is 3. The standard InChI is InChI=1S/C31H39N3O6S/c1-5-7-21-32-31(36)27(6-2)33(22-24-13-9-8-10-14-24)30(35)23-34(28-15-11-12-16-29(28)40-4)41(37,38)26-19-17-25(39-3)18-20-26/h8-20,27H,5-7,21-23H2,1-4H3,(H,32,36)/t27-/m0/s1. The Hall–Kier alpha value is -4.05. The summed E-state index contributed by atoms with van der Waals surface area (Å²) in [5.74, 6) is -0.00412. The Labute approximate surface area is 243 Å². The summed E-state index contributed by atoms with van der Waals surface area (Å²) in [7, 11) is -1.30. The summed E-state index contributed by atoms with van der Waals surface area (Å²) in [6.07, 6.45) is 2.09. The first kappa shape index (κ1) is 31.5. The molecule has 0 saturated carbocycles. The molecule has 3 aromatic rings. The molecule has 0 unspecified atom stereocenters. The molecule has 0 saturated heterocycles. The number of hydrogen-bond donors (Lipinski definition) is 1. The van der Waals surface area contributed by atoms with Gasteiger partial charge in [-0.05, 0) is 54.8 Å². The van der Waals surface area contributed by atoms with Crippen molar-refractivity contribution in [1.82, 2.24) is 10.2 Å². The van der Waals surface area contributed by atoms with Crippen molar-refractivity contribution in [2.24, 2.45) is 0 Å². The smallest absolute Gasteiger partial charge is 0.264 e. The first-order valence-corrected chi connectivity index (χ1v) is 15.1. The highest BCUT2D eigenvalue weighted by atomic mass is 32.2. The zero-order valence-electron chi connectivity index (χ0n) is 24.1. The molecule has 2 amide bonds. The number of ether oxygens (including phenoxy) is 2. The molecule has 1 atom stereocenters. The zero-order valence-corrected chi connectivity index (χ0v) is 24.9. The number of nitrogens with one attached hydrogen (secondary N) is 1. The maximum atomic E-state index is 14.1. The predicted octanol–water partition coefficient (Wildman–Crippen LogP) is 4.62. The summed E-state index contributed by atoms with van der Waals surface area (Å²) in [5, 5.41) is 2.93. The minimum absolute atomic E-state index is 0.0176. The Morgan fingerprint density at radius 2 is 1.54 bits per heavy atom. The average Bonchev–Trinajstić information content (AvgIpc) is 3.00. The second-order valence-electron chi connectivity index (χ2n) is 9.43. The Bertz CT molecular complexity index is 1380. The van der Waals surface area contributed by atoms with Crippen molar-refractivity contribution >= 4 is 27.5 Å². The van der Waals surface area contributed by atoms with Crippen molar-refractivity contribution in [1.29, 1.82) is 0 Å². The molecule has 9 nitrogen and oxygen atoms in total. The Kier molecular flexibility index (Phi) is 11.6. The zero-order chi connectivity index (χ0) is 29.8. The summed E-state index contributed by atoms with van der Waals surface area (Å²) in [6.45, 7) is 3.96. The van der Waals surface area contributed by atoms with Gasteiger partial charge in [-0.1, -0.05) is 62.7 Å². The maximum Gasteiger partial charge on any atom is 0.264 e. The lowest BCUT2D eigenvalue weighted by atomic mass is 10.1. The Morgan fingerprint density at radius 1 is 0.878 bits per heavy atom. The van der Waals surface area contributed by atoms with Crippen LogP contribution >= 0.6 is 0 Å². The maximum absolute atomic E-state index is 14.1. The Morgan fingerprint density at radius 3 is 2.15 bits per heavy atom. The van der Waals surface area contributed by atoms with Gasteiger partial charge >= 0.3 is 0 Å². The molecule has 0 aliphatic rings. The van der Waals surface area contributed by atoms with E-state index in [0.717, 1.165) is 22.7 Å². The number of rotatable bonds is 15. The van der Waals surface area contributed by atoms with E-state index in [-0.39, 0.29) is 28.8 Å². The molecule has 0 aliphatic carbocycles. The van der Waals surface area contributed by atoms with E-state index in [1.165, 1.54) is 31.3 Å². The number of hydrogen-bond acceptors (Lipinski definition) is 6. The summed E-state index contributed by atoms with van der Waals surface area (Å²) < 4.78 is 39.8. The van der Waals surface area contributed by atoms with E-state index in [4.69, 9.17) is 9.47 Å². The van der Waals surface area contributed by atoms with Crippen LogP contribution in [0, 0.1) is 0 Å². The number of para-hydroxylation sites is 2. The number of carbonyl (C=O) groups is 2. The van der Waals surface area contributed by atoms with Gasteiger partial charge in [-0.15, -0.1) is 0 Å². The van der Waals surface area contributed by atoms with Crippen molar-refractivity contribution in [3.63, 3.8) is 0 Å². The quantitative estimate of drug-likeness (QED) is 0.263. The lowest BCUT2D eigenvalue weighted by molar-refractivity contribution is -0.140. The number of amides is 2. The van der Waals surface area contributed by atoms with Crippen LogP contribution < -0.4 is 19.1 Å². The fourth-order valence-electron chi connectivity index (χ4n) is 4.43. The van der Waals surface area contributed by atoms with Crippen molar-refractivity contribution in [2.45, 2.75) is 50.6 Å². The summed E-state index contributed by atoms with van der Waals surface area (Å²) >= 11 is 0. The van der Waals surface area contributed by atoms with Crippen LogP contribution in [0.4, 0.5) is 5.69 Å². The van der Waals surface area contributed by atoms with Crippen molar-refractivity contribution in [3.8, 4) is 11.5 Å². The van der Waals surface area contributed by atoms with E-state index >= 15 is 0 Å². The third kappa shape index (κ3) is 8.00. The van der Waals surface area contributed by atoms with E-state index < -0.39 is 28.5 Å². The minimum atomic E-state index is -4.23. The van der Waals surface area contributed by atoms with Crippen molar-refractivity contribution in [2.75, 3.05) is 31.6 Å². The molecule has 0 aromatic heterocycles. The van der Waals surface area contributed by atoms with E-state index in [0.29, 0.717) is 18.7 Å². The number of carbonyl (C=O) groups excluding carboxylic acids is 2. The number of anilines is 1. The van der Waals surface area contributed by atoms with Crippen molar-refractivity contribution < 1.29 is 27.5 Å². The van der Waals surface area contributed by atoms with Crippen LogP contribution in [0.3, 0.4) is 0 Å². The van der Waals surface area contributed by atoms with E-state index in [1.54, 1.807) is 36.4 Å². The molecule has 0 aliphatic heterocycles. The number of methoxy groups -OCH3 is 2. The summed E-state index contributed by atoms with van der Waals surface area (Å²) in [5.41, 5.74) is 1.03. The highest BCUT2D eigenvalue weighted by Crippen LogP contribution is 2.33. The second kappa shape index (κ2) is 15.1. The van der Waals surface area contributed by atoms with Gasteiger partial charge in [-0.2, -0.15) is 0 Å². The normalized spacial score (nSPS) is 11.8. The molecule has 220 valence electrons. The largest absolute Gasteiger partial charge is 0.497 e. The van der Waals surface area contributed by atoms with Crippen LogP contribution in [0.2, 0.25) is 0 Å². The second-order valence-corrected chi connectivity index (χ2v) is 11.3. The highest BCUT2D eigenvalue weighted by Gasteiger charge is 2.34. The molecule has 3 rings (SSSR count). The van der Waals surface area contributed by atoms with Crippen LogP contribution in [0.5, 0.6) is 11.5 Å². The van der Waals surface area contributed by atoms with Gasteiger partial charge in [0.1, 0.15) is 24.1 Å². The number of sulfonamides is 1. The molecule has 3 aromatic carbocycles. The van der Waals surface area contributed by atoms with Crippen molar-refractivity contribution in [3.05, 3.63) is 84.4 Å². The minimum Gasteiger partial charge on any atom is -0.497 e. The van der Waals surface area contributed by atoms with E-state index in [1.807, 2.05) is 44.2 Å². The van der Waals surface area contributed by atoms with Gasteiger partial charge in [-0.25, -0.2) is 8.42 Å². The SMILES string of the molecule is CCCCNC(=O)[C@H](CC)N(Cc1ccccc1)C(=O)CN(c1ccccc1OC)S(=O)(=O)c1ccc(OC)cc1. The van der Waals surface area contributed by atoms with E-state index in [2.05, 4.69) is 5.32 Å². The highest BCUT2D eigenvalue weighted by molar-refractivity contribution is 7.92. The van der Waals surface area contributed by atoms with Gasteiger partial charge in [-0.3, -0.25) is 13.9 Å². The third-order valence-corrected chi connectivity index (χ3v) is 8.47. The van der Waals surface area contributed by atoms with Gasteiger partial charge < -0.3 is 19.7 Å². The average molecular weight is 582 g/mol. The first-order chi connectivity index (χ1) is 19.8. The van der Waals surface area contributed by atoms with Gasteiger partial charge in [0.05, 0.1) is 24.8 Å². The molecule has 0 bridgehead atoms. The lowest BCUT2D eigenvalue weighted by Crippen LogP contribution is -2.52. The summed E-state index contributed by atoms with van der Waals surface area (Å²) in [6, 6.07) is 21.1. The van der Waals surface area contributed by atoms with Gasteiger partial charge in [0.15, 0.2) is 0 Å². The molecule has 41 heavy (non-hydrogen) atoms. The van der Waals surface area contributed by atoms with Gasteiger partial charge in [0, 0.05) is 13.1 Å². The van der Waals surface area contributed by atoms with Crippen LogP contribution in [-0.4, -0.2) is 58.5 Å². The fourth-order valence-corrected chi connectivity index (χ4v) is 5.85. The van der Waals surface area contributed by atoms with Crippen LogP contribution in [0.25, 0.3) is 0 Å². The molecule has 10 heteroatoms. The molecular weight excluding hydrogens is 542 g/mol. The van der Waals surface area contributed by atoms with Crippen LogP contribution in [0.1, 0.15) is 38.7 Å². The topological polar surface area (TPSA) is 105 Å². The molecule has 0 radical (unpaired) electrons. The van der Waals surface area contributed by atoms with E-state index in [9.17, 15) is 18.0 Å². The summed E-state index contributed by atoms with van der Waals surface area (Å²) in [4.78, 5) is 28.8. The Balaban J connectivity index is 2.06. The van der Waals surface area contributed by atoms with Crippen LogP contribution in [-0.2, 0) is 26.2 Å². The fraction of sp³-hybridized carbons (Fsp3) is 0.355. The number of unbranched alkanes of at least 4 members (excludes halogenated alkanes) is 1. The lowest BCUT2D eigenvalue weighted by Gasteiger charge is -2.33. The molecule has 0 heterocycles. The number of nitrogens with zero attached hydrogens (tertiary/aromatic N) is 2. The predicted molar refractivity (Wildman–Crippen MR) is 160 cm³/mol.